The van der Waals surface area contributed by atoms with Crippen LogP contribution < -0.4 is 0 Å². The first-order valence-electron chi connectivity index (χ1n) is 19.6. The van der Waals surface area contributed by atoms with Gasteiger partial charge in [-0.15, -0.1) is 0 Å². The minimum Gasteiger partial charge on any atom is -0.395 e. The van der Waals surface area contributed by atoms with E-state index in [4.69, 9.17) is 19.6 Å². The van der Waals surface area contributed by atoms with E-state index in [1.54, 1.807) is 0 Å². The van der Waals surface area contributed by atoms with Crippen LogP contribution in [0.3, 0.4) is 0 Å². The van der Waals surface area contributed by atoms with Crippen LogP contribution >= 0.6 is 17.2 Å². The summed E-state index contributed by atoms with van der Waals surface area (Å²) >= 11 is 0. The lowest BCUT2D eigenvalue weighted by atomic mass is 9.61. The van der Waals surface area contributed by atoms with Gasteiger partial charge in [0, 0.05) is 0 Å². The van der Waals surface area contributed by atoms with Gasteiger partial charge < -0.3 is 40.0 Å². The fourth-order valence-electron chi connectivity index (χ4n) is 7.83. The fourth-order valence-corrected chi connectivity index (χ4v) is 8.35. The molecule has 4 aromatic rings. The second-order valence-electron chi connectivity index (χ2n) is 19.6. The van der Waals surface area contributed by atoms with E-state index >= 15 is 0 Å². The normalized spacial score (nSPS) is 13.2. The predicted octanol–water partition coefficient (Wildman–Crippen LogP) is 9.45. The predicted molar refractivity (Wildman–Crippen MR) is 239 cm³/mol. The number of hydrogen-bond acceptors (Lipinski definition) is 9. The Hall–Kier alpha value is -2.62. The molecule has 0 atom stereocenters. The molecule has 11 heteroatoms. The topological polar surface area (TPSA) is 171 Å². The second kappa shape index (κ2) is 18.6. The smallest absolute Gasteiger partial charge is 0.334 e. The third-order valence-corrected chi connectivity index (χ3v) is 12.0. The van der Waals surface area contributed by atoms with Crippen LogP contribution in [0.2, 0.25) is 0 Å². The molecule has 8 N–H and O–H groups in total. The molecule has 0 aliphatic carbocycles. The maximum Gasteiger partial charge on any atom is 0.334 e. The lowest BCUT2D eigenvalue weighted by Gasteiger charge is -2.47. The van der Waals surface area contributed by atoms with Gasteiger partial charge in [0.05, 0.1) is 25.2 Å². The third-order valence-electron chi connectivity index (χ3n) is 10.8. The van der Waals surface area contributed by atoms with Crippen molar-refractivity contribution >= 4 is 17.2 Å². The van der Waals surface area contributed by atoms with E-state index in [0.29, 0.717) is 11.1 Å². The molecule has 320 valence electrons. The zero-order valence-corrected chi connectivity index (χ0v) is 38.7. The monoisotopic (exact) mass is 838 g/mol. The lowest BCUT2D eigenvalue weighted by molar-refractivity contribution is -0.135. The Bertz CT molecular complexity index is 1800. The fraction of sp³-hybridized carbons (Fsp3) is 0.489. The maximum atomic E-state index is 14.0. The van der Waals surface area contributed by atoms with Crippen molar-refractivity contribution in [3.05, 3.63) is 117 Å². The largest absolute Gasteiger partial charge is 0.395 e. The highest BCUT2D eigenvalue weighted by atomic mass is 31.2. The molecule has 0 heterocycles. The molecule has 4 aromatic carbocycles. The molecule has 58 heavy (non-hydrogen) atoms. The summed E-state index contributed by atoms with van der Waals surface area (Å²) in [6.07, 6.45) is 0. The van der Waals surface area contributed by atoms with Crippen LogP contribution in [0.1, 0.15) is 128 Å². The Morgan fingerprint density at radius 3 is 0.914 bits per heavy atom. The van der Waals surface area contributed by atoms with Gasteiger partial charge in [0.15, 0.2) is 0 Å². The number of rotatable bonds is 10. The summed E-state index contributed by atoms with van der Waals surface area (Å²) in [7, 11) is -5.22. The number of aliphatic hydroxyl groups excluding tert-OH is 3. The molecule has 0 aliphatic heterocycles. The molecule has 0 bridgehead atoms. The van der Waals surface area contributed by atoms with Gasteiger partial charge in [0.2, 0.25) is 0 Å². The summed E-state index contributed by atoms with van der Waals surface area (Å²) < 4.78 is 3.60. The summed E-state index contributed by atoms with van der Waals surface area (Å²) in [5.74, 6) is 0. The molecule has 4 rings (SSSR count). The van der Waals surface area contributed by atoms with Crippen molar-refractivity contribution in [2.24, 2.45) is 5.41 Å². The van der Waals surface area contributed by atoms with Crippen molar-refractivity contribution in [2.75, 3.05) is 19.8 Å². The quantitative estimate of drug-likeness (QED) is 0.0725. The molecule has 0 saturated heterocycles. The summed E-state index contributed by atoms with van der Waals surface area (Å²) in [5, 5.41) is 47.8. The standard InChI is InChI=1S/C47H64O4.H4O5P2/c1-30-23-36(42(3,4)5)40(37(24-30)43(6,7)8)32-19-15-17-21-34(32)47(51,46(27-48,28-49)29-50)35-22-18-16-20-33(35)41-38(44(9,10)11)25-31(2)26-39(41)45(12,13)14;1-6(2)5-7(3)4/h15-26,48-51H,27-29H2,1-14H3;1-4H. The SMILES string of the molecule is Cc1cc(C(C)(C)C)c(-c2ccccc2C(O)(c2ccccc2-c2c(C(C)(C)C)cc(C)cc2C(C)(C)C)C(CO)(CO)CO)c(C(C)(C)C)c1.OP(O)OP(O)O. The Kier molecular flexibility index (Phi) is 15.9. The minimum atomic E-state index is -2.61. The molecule has 9 nitrogen and oxygen atoms in total. The van der Waals surface area contributed by atoms with Gasteiger partial charge in [-0.05, 0) is 91.1 Å². The van der Waals surface area contributed by atoms with Crippen LogP contribution in [-0.4, -0.2) is 59.8 Å². The highest BCUT2D eigenvalue weighted by Gasteiger charge is 2.54. The minimum absolute atomic E-state index is 0.252. The van der Waals surface area contributed by atoms with Crippen molar-refractivity contribution in [1.29, 1.82) is 0 Å². The molecule has 0 unspecified atom stereocenters. The Labute approximate surface area is 349 Å². The first-order valence-corrected chi connectivity index (χ1v) is 21.9. The number of aryl methyl sites for hydroxylation is 2. The molecule has 0 aliphatic rings. The highest BCUT2D eigenvalue weighted by molar-refractivity contribution is 7.53. The Morgan fingerprint density at radius 2 is 0.707 bits per heavy atom. The Morgan fingerprint density at radius 1 is 0.448 bits per heavy atom. The molecule has 0 aromatic heterocycles. The molecule has 0 saturated carbocycles. The second-order valence-corrected chi connectivity index (χ2v) is 21.3. The molecular weight excluding hydrogens is 770 g/mol. The zero-order valence-electron chi connectivity index (χ0n) is 36.9. The van der Waals surface area contributed by atoms with E-state index in [2.05, 4.69) is 126 Å². The number of hydrogen-bond donors (Lipinski definition) is 8. The average molecular weight is 839 g/mol. The van der Waals surface area contributed by atoms with Crippen molar-refractivity contribution in [1.82, 2.24) is 0 Å². The van der Waals surface area contributed by atoms with Crippen molar-refractivity contribution in [3.8, 4) is 22.3 Å². The van der Waals surface area contributed by atoms with E-state index in [0.717, 1.165) is 55.6 Å². The zero-order chi connectivity index (χ0) is 44.4. The summed E-state index contributed by atoms with van der Waals surface area (Å²) in [6.45, 7) is 28.8. The van der Waals surface area contributed by atoms with Gasteiger partial charge >= 0.3 is 17.2 Å². The van der Waals surface area contributed by atoms with E-state index in [1.165, 1.54) is 0 Å². The van der Waals surface area contributed by atoms with Crippen molar-refractivity contribution in [2.45, 2.75) is 124 Å². The summed E-state index contributed by atoms with van der Waals surface area (Å²) in [4.78, 5) is 31.3. The Balaban J connectivity index is 0.00000117. The van der Waals surface area contributed by atoms with Crippen molar-refractivity contribution in [3.63, 3.8) is 0 Å². The summed E-state index contributed by atoms with van der Waals surface area (Å²) in [5.41, 5.74) is 6.76. The molecule has 0 amide bonds. The van der Waals surface area contributed by atoms with Gasteiger partial charge in [-0.1, -0.05) is 167 Å². The third kappa shape index (κ3) is 10.6. The van der Waals surface area contributed by atoms with Gasteiger partial charge in [-0.3, -0.25) is 0 Å². The van der Waals surface area contributed by atoms with E-state index in [9.17, 15) is 20.4 Å². The van der Waals surface area contributed by atoms with E-state index in [1.807, 2.05) is 48.5 Å². The van der Waals surface area contributed by atoms with Crippen LogP contribution in [0.5, 0.6) is 0 Å². The van der Waals surface area contributed by atoms with Gasteiger partial charge in [0.25, 0.3) is 0 Å². The maximum absolute atomic E-state index is 14.0. The first-order chi connectivity index (χ1) is 26.5. The first kappa shape index (κ1) is 49.7. The van der Waals surface area contributed by atoms with E-state index < -0.39 is 48.0 Å². The van der Waals surface area contributed by atoms with Crippen LogP contribution in [0.25, 0.3) is 22.3 Å². The van der Waals surface area contributed by atoms with Crippen LogP contribution in [-0.2, 0) is 31.6 Å². The molecular formula is C47H68O9P2. The van der Waals surface area contributed by atoms with Crippen molar-refractivity contribution < 1.29 is 44.3 Å². The van der Waals surface area contributed by atoms with Gasteiger partial charge in [-0.25, -0.2) is 4.31 Å². The molecule has 0 fully saturated rings. The van der Waals surface area contributed by atoms with Crippen LogP contribution in [0.4, 0.5) is 0 Å². The molecule has 0 radical (unpaired) electrons. The highest BCUT2D eigenvalue weighted by Crippen LogP contribution is 2.54. The summed E-state index contributed by atoms with van der Waals surface area (Å²) in [6, 6.07) is 24.6. The van der Waals surface area contributed by atoms with Crippen LogP contribution in [0.15, 0.2) is 72.8 Å². The number of aliphatic hydroxyl groups is 4. The number of benzene rings is 4. The molecule has 0 spiro atoms. The van der Waals surface area contributed by atoms with Gasteiger partial charge in [-0.2, -0.15) is 0 Å². The lowest BCUT2D eigenvalue weighted by Crippen LogP contribution is -2.54. The van der Waals surface area contributed by atoms with E-state index in [-0.39, 0.29) is 21.7 Å². The average Bonchev–Trinajstić information content (AvgIpc) is 3.10. The van der Waals surface area contributed by atoms with Crippen LogP contribution in [0, 0.1) is 19.3 Å². The van der Waals surface area contributed by atoms with Gasteiger partial charge in [0.1, 0.15) is 5.60 Å².